The van der Waals surface area contributed by atoms with Crippen molar-refractivity contribution in [3.05, 3.63) is 63.7 Å². The maximum atomic E-state index is 14.3. The van der Waals surface area contributed by atoms with Gasteiger partial charge in [-0.05, 0) is 36.4 Å². The predicted octanol–water partition coefficient (Wildman–Crippen LogP) is 4.99. The van der Waals surface area contributed by atoms with Crippen LogP contribution in [0.25, 0.3) is 10.1 Å². The average Bonchev–Trinajstić information content (AvgIpc) is 3.03. The van der Waals surface area contributed by atoms with Gasteiger partial charge in [-0.2, -0.15) is 0 Å². The molecule has 0 fully saturated rings. The van der Waals surface area contributed by atoms with Gasteiger partial charge in [-0.1, -0.05) is 17.7 Å². The number of rotatable bonds is 7. The first-order chi connectivity index (χ1) is 13.0. The largest absolute Gasteiger partial charge is 0.492 e. The van der Waals surface area contributed by atoms with Crippen LogP contribution in [0.4, 0.5) is 4.39 Å². The Balaban J connectivity index is 1.73. The highest BCUT2D eigenvalue weighted by Gasteiger charge is 2.23. The Bertz CT molecular complexity index is 942. The summed E-state index contributed by atoms with van der Waals surface area (Å²) in [6.07, 6.45) is 0. The van der Waals surface area contributed by atoms with Crippen LogP contribution < -0.4 is 4.74 Å². The number of carbonyl (C=O) groups is 1. The smallest absolute Gasteiger partial charge is 0.264 e. The highest BCUT2D eigenvalue weighted by molar-refractivity contribution is 7.21. The van der Waals surface area contributed by atoms with Crippen LogP contribution in [-0.4, -0.2) is 38.1 Å². The van der Waals surface area contributed by atoms with Gasteiger partial charge in [-0.15, -0.1) is 11.3 Å². The number of fused-ring (bicyclic) bond motifs is 1. The molecule has 1 amide bonds. The summed E-state index contributed by atoms with van der Waals surface area (Å²) in [7, 11) is 3.23. The molecule has 0 saturated heterocycles. The van der Waals surface area contributed by atoms with Crippen LogP contribution >= 0.6 is 22.9 Å². The molecule has 0 bridgehead atoms. The van der Waals surface area contributed by atoms with E-state index in [9.17, 15) is 9.18 Å². The molecule has 0 aliphatic heterocycles. The van der Waals surface area contributed by atoms with E-state index in [2.05, 4.69) is 0 Å². The zero-order valence-electron chi connectivity index (χ0n) is 15.0. The molecule has 0 saturated carbocycles. The van der Waals surface area contributed by atoms with Crippen molar-refractivity contribution in [2.45, 2.75) is 6.61 Å². The zero-order valence-corrected chi connectivity index (χ0v) is 16.6. The number of likely N-dealkylation sites (N-methyl/N-ethyl adjacent to an activating group) is 1. The first-order valence-corrected chi connectivity index (χ1v) is 9.53. The molecule has 0 aliphatic rings. The third-order valence-electron chi connectivity index (χ3n) is 4.10. The Morgan fingerprint density at radius 1 is 1.22 bits per heavy atom. The highest BCUT2D eigenvalue weighted by Crippen LogP contribution is 2.34. The molecular weight excluding hydrogens is 389 g/mol. The number of hydrogen-bond acceptors (Lipinski definition) is 4. The lowest BCUT2D eigenvalue weighted by Crippen LogP contribution is -2.31. The molecule has 0 N–H and O–H groups in total. The van der Waals surface area contributed by atoms with Gasteiger partial charge in [0.1, 0.15) is 18.2 Å². The average molecular weight is 408 g/mol. The molecule has 1 heterocycles. The first kappa shape index (κ1) is 19.6. The van der Waals surface area contributed by atoms with E-state index in [-0.39, 0.29) is 18.3 Å². The van der Waals surface area contributed by atoms with Crippen LogP contribution in [0.3, 0.4) is 0 Å². The lowest BCUT2D eigenvalue weighted by atomic mass is 10.1. The van der Waals surface area contributed by atoms with E-state index in [0.717, 1.165) is 4.70 Å². The number of thiophene rings is 1. The normalized spacial score (nSPS) is 11.0. The molecule has 1 aromatic heterocycles. The number of methoxy groups -OCH3 is 1. The van der Waals surface area contributed by atoms with E-state index in [0.29, 0.717) is 39.8 Å². The molecule has 142 valence electrons. The van der Waals surface area contributed by atoms with Gasteiger partial charge in [0, 0.05) is 34.8 Å². The fourth-order valence-corrected chi connectivity index (χ4v) is 4.07. The topological polar surface area (TPSA) is 38.8 Å². The summed E-state index contributed by atoms with van der Waals surface area (Å²) < 4.78 is 25.8. The number of hydrogen-bond donors (Lipinski definition) is 0. The summed E-state index contributed by atoms with van der Waals surface area (Å²) in [5, 5.41) is 1.09. The van der Waals surface area contributed by atoms with E-state index in [1.807, 2.05) is 6.07 Å². The molecular formula is C20H19ClFNO3S. The number of nitrogens with zero attached hydrogens (tertiary/aromatic N) is 1. The molecule has 27 heavy (non-hydrogen) atoms. The van der Waals surface area contributed by atoms with E-state index in [1.54, 1.807) is 42.3 Å². The summed E-state index contributed by atoms with van der Waals surface area (Å²) in [6.45, 7) is 0.907. The van der Waals surface area contributed by atoms with E-state index < -0.39 is 0 Å². The fraction of sp³-hybridized carbons (Fsp3) is 0.250. The minimum atomic E-state index is -0.344. The predicted molar refractivity (Wildman–Crippen MR) is 106 cm³/mol. The maximum absolute atomic E-state index is 14.3. The number of carbonyl (C=O) groups excluding carboxylic acids is 1. The van der Waals surface area contributed by atoms with Gasteiger partial charge >= 0.3 is 0 Å². The van der Waals surface area contributed by atoms with Crippen molar-refractivity contribution in [1.29, 1.82) is 0 Å². The van der Waals surface area contributed by atoms with Crippen LogP contribution in [0.5, 0.6) is 5.75 Å². The number of halogens is 2. The van der Waals surface area contributed by atoms with Crippen LogP contribution in [0.1, 0.15) is 15.2 Å². The quantitative estimate of drug-likeness (QED) is 0.553. The Labute approximate surface area is 166 Å². The Morgan fingerprint density at radius 2 is 1.96 bits per heavy atom. The van der Waals surface area contributed by atoms with E-state index in [1.165, 1.54) is 24.5 Å². The summed E-state index contributed by atoms with van der Waals surface area (Å²) in [4.78, 5) is 15.0. The monoisotopic (exact) mass is 407 g/mol. The molecule has 0 radical (unpaired) electrons. The van der Waals surface area contributed by atoms with Gasteiger partial charge in [-0.25, -0.2) is 4.39 Å². The van der Waals surface area contributed by atoms with Crippen molar-refractivity contribution < 1.29 is 18.7 Å². The zero-order chi connectivity index (χ0) is 19.4. The minimum absolute atomic E-state index is 0.178. The summed E-state index contributed by atoms with van der Waals surface area (Å²) >= 11 is 7.13. The van der Waals surface area contributed by atoms with Gasteiger partial charge in [0.15, 0.2) is 0 Å². The van der Waals surface area contributed by atoms with Crippen LogP contribution in [0.15, 0.2) is 42.5 Å². The Morgan fingerprint density at radius 3 is 2.67 bits per heavy atom. The van der Waals surface area contributed by atoms with Gasteiger partial charge in [0.2, 0.25) is 0 Å². The third-order valence-corrected chi connectivity index (χ3v) is 5.54. The molecule has 0 aliphatic carbocycles. The van der Waals surface area contributed by atoms with Crippen molar-refractivity contribution in [2.75, 3.05) is 27.3 Å². The number of amides is 1. The molecule has 0 unspecified atom stereocenters. The van der Waals surface area contributed by atoms with Crippen molar-refractivity contribution >= 4 is 38.9 Å². The summed E-state index contributed by atoms with van der Waals surface area (Å²) in [6, 6.07) is 11.9. The number of benzene rings is 2. The van der Waals surface area contributed by atoms with E-state index in [4.69, 9.17) is 21.1 Å². The van der Waals surface area contributed by atoms with Crippen molar-refractivity contribution in [2.24, 2.45) is 0 Å². The molecule has 0 atom stereocenters. The maximum Gasteiger partial charge on any atom is 0.264 e. The molecule has 4 nitrogen and oxygen atoms in total. The highest BCUT2D eigenvalue weighted by atomic mass is 35.5. The summed E-state index contributed by atoms with van der Waals surface area (Å²) in [5.41, 5.74) is 0.589. The van der Waals surface area contributed by atoms with Crippen molar-refractivity contribution in [1.82, 2.24) is 4.90 Å². The molecule has 3 rings (SSSR count). The van der Waals surface area contributed by atoms with Gasteiger partial charge in [-0.3, -0.25) is 4.79 Å². The molecule has 0 spiro atoms. The van der Waals surface area contributed by atoms with Gasteiger partial charge in [0.25, 0.3) is 5.91 Å². The lowest BCUT2D eigenvalue weighted by molar-refractivity contribution is 0.0774. The summed E-state index contributed by atoms with van der Waals surface area (Å²) in [5.74, 6) is 0.162. The second kappa shape index (κ2) is 8.69. The lowest BCUT2D eigenvalue weighted by Gasteiger charge is -2.17. The van der Waals surface area contributed by atoms with E-state index >= 15 is 0 Å². The van der Waals surface area contributed by atoms with Crippen molar-refractivity contribution in [3.8, 4) is 5.75 Å². The third kappa shape index (κ3) is 4.40. The molecule has 7 heteroatoms. The Hall–Kier alpha value is -2.15. The second-order valence-corrected chi connectivity index (χ2v) is 7.47. The van der Waals surface area contributed by atoms with Crippen molar-refractivity contribution in [3.63, 3.8) is 0 Å². The van der Waals surface area contributed by atoms with Crippen LogP contribution in [0, 0.1) is 5.82 Å². The first-order valence-electron chi connectivity index (χ1n) is 8.34. The standard InChI is InChI=1S/C20H19ClFNO3S/c1-23(10-11-26-14-8-6-13(21)7-9-14)20(24)19-15(12-25-2)18-16(22)4-3-5-17(18)27-19/h3-9H,10-12H2,1-2H3. The van der Waals surface area contributed by atoms with Gasteiger partial charge < -0.3 is 14.4 Å². The van der Waals surface area contributed by atoms with Crippen LogP contribution in [-0.2, 0) is 11.3 Å². The van der Waals surface area contributed by atoms with Gasteiger partial charge in [0.05, 0.1) is 18.0 Å². The van der Waals surface area contributed by atoms with Crippen LogP contribution in [0.2, 0.25) is 5.02 Å². The SMILES string of the molecule is COCc1c(C(=O)N(C)CCOc2ccc(Cl)cc2)sc2cccc(F)c12. The second-order valence-electron chi connectivity index (χ2n) is 5.98. The number of ether oxygens (including phenoxy) is 2. The molecule has 2 aromatic carbocycles. The molecule has 3 aromatic rings. The fourth-order valence-electron chi connectivity index (χ4n) is 2.73. The minimum Gasteiger partial charge on any atom is -0.492 e. The Kier molecular flexibility index (Phi) is 6.31.